The maximum atomic E-state index is 11.5. The number of rotatable bonds is 7. The first-order valence-corrected chi connectivity index (χ1v) is 6.49. The number of aliphatic carboxylic acids is 1. The molecule has 98 valence electrons. The summed E-state index contributed by atoms with van der Waals surface area (Å²) in [5.41, 5.74) is 6.08. The van der Waals surface area contributed by atoms with Crippen LogP contribution in [-0.2, 0) is 11.2 Å². The number of aryl methyl sites for hydroxylation is 1. The highest BCUT2D eigenvalue weighted by molar-refractivity contribution is 5.75. The molecule has 0 bridgehead atoms. The first-order chi connectivity index (χ1) is 8.66. The minimum atomic E-state index is -0.753. The van der Waals surface area contributed by atoms with Gasteiger partial charge >= 0.3 is 5.97 Å². The molecule has 1 unspecified atom stereocenters. The summed E-state index contributed by atoms with van der Waals surface area (Å²) >= 11 is 0. The summed E-state index contributed by atoms with van der Waals surface area (Å²) in [7, 11) is 0. The molecule has 4 nitrogen and oxygen atoms in total. The highest BCUT2D eigenvalue weighted by Crippen LogP contribution is 2.42. The van der Waals surface area contributed by atoms with E-state index in [2.05, 4.69) is 4.98 Å². The van der Waals surface area contributed by atoms with Crippen molar-refractivity contribution in [2.45, 2.75) is 32.1 Å². The van der Waals surface area contributed by atoms with Crippen LogP contribution < -0.4 is 5.73 Å². The standard InChI is InChI=1S/C14H20N2O2/c15-10-14(13(17)18,8-11-3-4-11)6-5-12-2-1-7-16-9-12/h1-2,7,9,11H,3-6,8,10,15H2,(H,17,18). The van der Waals surface area contributed by atoms with Crippen molar-refractivity contribution in [3.8, 4) is 0 Å². The number of pyridine rings is 1. The van der Waals surface area contributed by atoms with E-state index in [-0.39, 0.29) is 6.54 Å². The van der Waals surface area contributed by atoms with Crippen LogP contribution in [0.5, 0.6) is 0 Å². The predicted molar refractivity (Wildman–Crippen MR) is 69.0 cm³/mol. The molecule has 2 rings (SSSR count). The molecule has 3 N–H and O–H groups in total. The van der Waals surface area contributed by atoms with Gasteiger partial charge in [-0.3, -0.25) is 9.78 Å². The first kappa shape index (κ1) is 13.0. The number of carboxylic acid groups (broad SMARTS) is 1. The summed E-state index contributed by atoms with van der Waals surface area (Å²) in [6, 6.07) is 3.86. The van der Waals surface area contributed by atoms with Crippen molar-refractivity contribution in [3.63, 3.8) is 0 Å². The van der Waals surface area contributed by atoms with Gasteiger partial charge in [-0.05, 0) is 36.8 Å². The zero-order valence-corrected chi connectivity index (χ0v) is 10.5. The molecule has 0 saturated heterocycles. The maximum Gasteiger partial charge on any atom is 0.310 e. The first-order valence-electron chi connectivity index (χ1n) is 6.49. The summed E-state index contributed by atoms with van der Waals surface area (Å²) in [6.07, 6.45) is 7.87. The van der Waals surface area contributed by atoms with Gasteiger partial charge in [0.1, 0.15) is 0 Å². The van der Waals surface area contributed by atoms with E-state index in [4.69, 9.17) is 5.73 Å². The van der Waals surface area contributed by atoms with Crippen molar-refractivity contribution in [2.24, 2.45) is 17.1 Å². The number of nitrogens with zero attached hydrogens (tertiary/aromatic N) is 1. The average Bonchev–Trinajstić information content (AvgIpc) is 3.19. The number of carboxylic acids is 1. The molecule has 0 amide bonds. The van der Waals surface area contributed by atoms with Gasteiger partial charge in [0.15, 0.2) is 0 Å². The third kappa shape index (κ3) is 3.07. The monoisotopic (exact) mass is 248 g/mol. The Labute approximate surface area is 107 Å². The molecule has 1 fully saturated rings. The molecule has 4 heteroatoms. The summed E-state index contributed by atoms with van der Waals surface area (Å²) in [4.78, 5) is 15.6. The van der Waals surface area contributed by atoms with E-state index in [9.17, 15) is 9.90 Å². The highest BCUT2D eigenvalue weighted by Gasteiger charge is 2.41. The van der Waals surface area contributed by atoms with Crippen LogP contribution in [-0.4, -0.2) is 22.6 Å². The van der Waals surface area contributed by atoms with E-state index in [1.165, 1.54) is 0 Å². The van der Waals surface area contributed by atoms with Gasteiger partial charge in [0.2, 0.25) is 0 Å². The maximum absolute atomic E-state index is 11.5. The SMILES string of the molecule is NCC(CCc1cccnc1)(CC1CC1)C(=O)O. The second-order valence-electron chi connectivity index (χ2n) is 5.30. The fourth-order valence-electron chi connectivity index (χ4n) is 2.37. The number of nitrogens with two attached hydrogens (primary N) is 1. The van der Waals surface area contributed by atoms with Crippen LogP contribution in [0.15, 0.2) is 24.5 Å². The molecule has 18 heavy (non-hydrogen) atoms. The van der Waals surface area contributed by atoms with Gasteiger partial charge < -0.3 is 10.8 Å². The molecule has 1 aromatic heterocycles. The van der Waals surface area contributed by atoms with Crippen LogP contribution in [0.1, 0.15) is 31.2 Å². The van der Waals surface area contributed by atoms with E-state index in [1.54, 1.807) is 12.4 Å². The fourth-order valence-corrected chi connectivity index (χ4v) is 2.37. The van der Waals surface area contributed by atoms with E-state index in [1.807, 2.05) is 12.1 Å². The van der Waals surface area contributed by atoms with Crippen LogP contribution >= 0.6 is 0 Å². The van der Waals surface area contributed by atoms with E-state index >= 15 is 0 Å². The summed E-state index contributed by atoms with van der Waals surface area (Å²) < 4.78 is 0. The molecule has 1 aromatic rings. The number of aromatic nitrogens is 1. The van der Waals surface area contributed by atoms with Crippen molar-refractivity contribution >= 4 is 5.97 Å². The lowest BCUT2D eigenvalue weighted by molar-refractivity contribution is -0.149. The minimum absolute atomic E-state index is 0.221. The molecule has 0 radical (unpaired) electrons. The van der Waals surface area contributed by atoms with Gasteiger partial charge in [-0.25, -0.2) is 0 Å². The number of hydrogen-bond donors (Lipinski definition) is 2. The second-order valence-corrected chi connectivity index (χ2v) is 5.30. The lowest BCUT2D eigenvalue weighted by Crippen LogP contribution is -2.39. The molecule has 1 saturated carbocycles. The van der Waals surface area contributed by atoms with E-state index < -0.39 is 11.4 Å². The van der Waals surface area contributed by atoms with E-state index in [0.717, 1.165) is 31.2 Å². The number of carbonyl (C=O) groups is 1. The van der Waals surface area contributed by atoms with Crippen LogP contribution in [0.4, 0.5) is 0 Å². The Kier molecular flexibility index (Phi) is 3.97. The molecular formula is C14H20N2O2. The van der Waals surface area contributed by atoms with Crippen LogP contribution in [0.2, 0.25) is 0 Å². The van der Waals surface area contributed by atoms with Gasteiger partial charge in [0, 0.05) is 18.9 Å². The molecule has 0 spiro atoms. The van der Waals surface area contributed by atoms with Gasteiger partial charge in [0.25, 0.3) is 0 Å². The summed E-state index contributed by atoms with van der Waals surface area (Å²) in [5, 5.41) is 9.48. The zero-order valence-electron chi connectivity index (χ0n) is 10.5. The van der Waals surface area contributed by atoms with Crippen molar-refractivity contribution < 1.29 is 9.90 Å². The molecule has 1 aliphatic rings. The molecule has 1 atom stereocenters. The zero-order chi connectivity index (χ0) is 13.0. The molecule has 0 aliphatic heterocycles. The quantitative estimate of drug-likeness (QED) is 0.772. The third-order valence-corrected chi connectivity index (χ3v) is 3.84. The van der Waals surface area contributed by atoms with Crippen LogP contribution in [0.25, 0.3) is 0 Å². The largest absolute Gasteiger partial charge is 0.481 e. The van der Waals surface area contributed by atoms with Crippen LogP contribution in [0.3, 0.4) is 0 Å². The lowest BCUT2D eigenvalue weighted by atomic mass is 9.77. The Bertz CT molecular complexity index is 404. The van der Waals surface area contributed by atoms with Gasteiger partial charge in [-0.1, -0.05) is 18.9 Å². The molecule has 1 heterocycles. The van der Waals surface area contributed by atoms with Crippen molar-refractivity contribution in [1.29, 1.82) is 0 Å². The predicted octanol–water partition coefficient (Wildman–Crippen LogP) is 1.84. The third-order valence-electron chi connectivity index (χ3n) is 3.84. The van der Waals surface area contributed by atoms with Gasteiger partial charge in [0.05, 0.1) is 5.41 Å². The van der Waals surface area contributed by atoms with Crippen molar-refractivity contribution in [2.75, 3.05) is 6.54 Å². The van der Waals surface area contributed by atoms with Crippen molar-refractivity contribution in [1.82, 2.24) is 4.98 Å². The normalized spacial score (nSPS) is 18.3. The minimum Gasteiger partial charge on any atom is -0.481 e. The van der Waals surface area contributed by atoms with Gasteiger partial charge in [-0.15, -0.1) is 0 Å². The average molecular weight is 248 g/mol. The molecule has 0 aromatic carbocycles. The molecular weight excluding hydrogens is 228 g/mol. The second kappa shape index (κ2) is 5.48. The fraction of sp³-hybridized carbons (Fsp3) is 0.571. The summed E-state index contributed by atoms with van der Waals surface area (Å²) in [5.74, 6) is -0.181. The topological polar surface area (TPSA) is 76.2 Å². The Balaban J connectivity index is 2.02. The van der Waals surface area contributed by atoms with Crippen molar-refractivity contribution in [3.05, 3.63) is 30.1 Å². The Morgan fingerprint density at radius 1 is 1.56 bits per heavy atom. The van der Waals surface area contributed by atoms with Gasteiger partial charge in [-0.2, -0.15) is 0 Å². The van der Waals surface area contributed by atoms with E-state index in [0.29, 0.717) is 12.3 Å². The smallest absolute Gasteiger partial charge is 0.310 e. The molecule has 1 aliphatic carbocycles. The Morgan fingerprint density at radius 2 is 2.33 bits per heavy atom. The number of hydrogen-bond acceptors (Lipinski definition) is 3. The Hall–Kier alpha value is -1.42. The van der Waals surface area contributed by atoms with Crippen LogP contribution in [0, 0.1) is 11.3 Å². The lowest BCUT2D eigenvalue weighted by Gasteiger charge is -2.28. The summed E-state index contributed by atoms with van der Waals surface area (Å²) in [6.45, 7) is 0.221. The highest BCUT2D eigenvalue weighted by atomic mass is 16.4. The Morgan fingerprint density at radius 3 is 2.83 bits per heavy atom.